The molecule has 2 heterocycles. The lowest BCUT2D eigenvalue weighted by Crippen LogP contribution is -2.13. The van der Waals surface area contributed by atoms with Crippen molar-refractivity contribution in [3.8, 4) is 39.1 Å². The molecule has 268 valence electrons. The van der Waals surface area contributed by atoms with Crippen LogP contribution < -0.4 is 4.90 Å². The molecular weight excluding hydrogens is 693 g/mol. The van der Waals surface area contributed by atoms with E-state index in [-0.39, 0.29) is 0 Å². The molecule has 0 amide bonds. The normalized spacial score (nSPS) is 11.5. The third kappa shape index (κ3) is 5.51. The molecule has 11 rings (SSSR count). The zero-order valence-corrected chi connectivity index (χ0v) is 31.1. The molecule has 0 bridgehead atoms. The first kappa shape index (κ1) is 32.8. The van der Waals surface area contributed by atoms with Crippen molar-refractivity contribution in [3.63, 3.8) is 0 Å². The van der Waals surface area contributed by atoms with Gasteiger partial charge in [0.25, 0.3) is 0 Å². The Kier molecular flexibility index (Phi) is 7.82. The molecule has 0 aliphatic rings. The minimum Gasteiger partial charge on any atom is -0.455 e. The lowest BCUT2D eigenvalue weighted by Gasteiger charge is -2.29. The largest absolute Gasteiger partial charge is 0.455 e. The van der Waals surface area contributed by atoms with Crippen molar-refractivity contribution in [3.05, 3.63) is 218 Å². The van der Waals surface area contributed by atoms with Crippen molar-refractivity contribution in [1.82, 2.24) is 4.57 Å². The number of fused-ring (bicyclic) bond motifs is 6. The number of rotatable bonds is 7. The Hall–Kier alpha value is -7.62. The minimum atomic E-state index is 0.863. The number of anilines is 3. The fraction of sp³-hybridized carbons (Fsp3) is 0. The first-order chi connectivity index (χ1) is 28.3. The average molecular weight is 729 g/mol. The Balaban J connectivity index is 1.15. The van der Waals surface area contributed by atoms with Crippen molar-refractivity contribution in [2.75, 3.05) is 4.90 Å². The Morgan fingerprint density at radius 2 is 0.842 bits per heavy atom. The molecule has 0 unspecified atom stereocenters. The van der Waals surface area contributed by atoms with Gasteiger partial charge >= 0.3 is 0 Å². The first-order valence-corrected chi connectivity index (χ1v) is 19.4. The van der Waals surface area contributed by atoms with Crippen LogP contribution in [0.25, 0.3) is 82.8 Å². The fourth-order valence-electron chi connectivity index (χ4n) is 8.56. The van der Waals surface area contributed by atoms with Gasteiger partial charge in [0.2, 0.25) is 0 Å². The Bertz CT molecular complexity index is 3160. The molecular formula is C54H36N2O. The summed E-state index contributed by atoms with van der Waals surface area (Å²) in [4.78, 5) is 2.42. The fourth-order valence-corrected chi connectivity index (χ4v) is 8.56. The summed E-state index contributed by atoms with van der Waals surface area (Å²) in [6.07, 6.45) is 0. The highest BCUT2D eigenvalue weighted by Gasteiger charge is 2.25. The van der Waals surface area contributed by atoms with E-state index in [1.807, 2.05) is 6.07 Å². The van der Waals surface area contributed by atoms with Crippen LogP contribution in [0.15, 0.2) is 223 Å². The molecule has 0 saturated heterocycles. The summed E-state index contributed by atoms with van der Waals surface area (Å²) in [7, 11) is 0. The van der Waals surface area contributed by atoms with Gasteiger partial charge in [0, 0.05) is 27.4 Å². The molecule has 0 radical (unpaired) electrons. The van der Waals surface area contributed by atoms with Crippen molar-refractivity contribution < 1.29 is 4.42 Å². The van der Waals surface area contributed by atoms with Crippen LogP contribution in [0.4, 0.5) is 17.1 Å². The van der Waals surface area contributed by atoms with Crippen LogP contribution in [-0.2, 0) is 0 Å². The molecule has 0 fully saturated rings. The smallest absolute Gasteiger partial charge is 0.145 e. The van der Waals surface area contributed by atoms with Gasteiger partial charge in [-0.05, 0) is 82.4 Å². The zero-order chi connectivity index (χ0) is 37.7. The maximum Gasteiger partial charge on any atom is 0.145 e. The van der Waals surface area contributed by atoms with Gasteiger partial charge in [0.15, 0.2) is 0 Å². The number of para-hydroxylation sites is 5. The second kappa shape index (κ2) is 13.6. The van der Waals surface area contributed by atoms with Gasteiger partial charge in [-0.25, -0.2) is 0 Å². The minimum absolute atomic E-state index is 0.863. The lowest BCUT2D eigenvalue weighted by molar-refractivity contribution is 0.670. The summed E-state index contributed by atoms with van der Waals surface area (Å²) in [6.45, 7) is 0. The number of aromatic nitrogens is 1. The number of nitrogens with zero attached hydrogens (tertiary/aromatic N) is 2. The maximum atomic E-state index is 6.81. The maximum absolute atomic E-state index is 6.81. The summed E-state index contributed by atoms with van der Waals surface area (Å²) < 4.78 is 9.22. The van der Waals surface area contributed by atoms with Crippen LogP contribution in [0.1, 0.15) is 0 Å². The number of hydrogen-bond donors (Lipinski definition) is 0. The van der Waals surface area contributed by atoms with E-state index in [2.05, 4.69) is 222 Å². The van der Waals surface area contributed by atoms with Crippen molar-refractivity contribution in [1.29, 1.82) is 0 Å². The number of furan rings is 1. The average Bonchev–Trinajstić information content (AvgIpc) is 3.84. The van der Waals surface area contributed by atoms with Gasteiger partial charge in [-0.2, -0.15) is 0 Å². The molecule has 3 nitrogen and oxygen atoms in total. The molecule has 0 N–H and O–H groups in total. The van der Waals surface area contributed by atoms with Crippen molar-refractivity contribution in [2.45, 2.75) is 0 Å². The molecule has 0 saturated carbocycles. The highest BCUT2D eigenvalue weighted by Crippen LogP contribution is 2.48. The van der Waals surface area contributed by atoms with E-state index >= 15 is 0 Å². The Morgan fingerprint density at radius 3 is 1.49 bits per heavy atom. The Morgan fingerprint density at radius 1 is 0.351 bits per heavy atom. The molecule has 11 aromatic rings. The van der Waals surface area contributed by atoms with Crippen molar-refractivity contribution in [2.24, 2.45) is 0 Å². The summed E-state index contributed by atoms with van der Waals surface area (Å²) in [5, 5.41) is 4.61. The third-order valence-corrected chi connectivity index (χ3v) is 11.2. The van der Waals surface area contributed by atoms with Gasteiger partial charge in [-0.15, -0.1) is 0 Å². The van der Waals surface area contributed by atoms with Crippen LogP contribution >= 0.6 is 0 Å². The summed E-state index contributed by atoms with van der Waals surface area (Å²) in [5.74, 6) is 0. The summed E-state index contributed by atoms with van der Waals surface area (Å²) >= 11 is 0. The standard InChI is InChI=1S/C54H36N2O/c1-3-15-37(16-4-1)38-27-29-39(30-28-38)40-31-33-42(34-32-40)55(49-24-12-13-25-50(49)56-47-22-10-7-19-44(47)45-20-8-11-23-48(45)56)51-36-35-43(41-17-5-2-6-18-41)54-53(51)46-21-9-14-26-52(46)57-54/h1-36H. The van der Waals surface area contributed by atoms with Gasteiger partial charge in [0.05, 0.1) is 33.5 Å². The molecule has 0 atom stereocenters. The van der Waals surface area contributed by atoms with Gasteiger partial charge < -0.3 is 13.9 Å². The van der Waals surface area contributed by atoms with Gasteiger partial charge in [-0.3, -0.25) is 0 Å². The molecule has 0 aliphatic carbocycles. The quantitative estimate of drug-likeness (QED) is 0.163. The number of benzene rings is 9. The predicted molar refractivity (Wildman–Crippen MR) is 239 cm³/mol. The second-order valence-electron chi connectivity index (χ2n) is 14.5. The van der Waals surface area contributed by atoms with E-state index in [0.717, 1.165) is 61.4 Å². The van der Waals surface area contributed by atoms with Crippen LogP contribution in [0.5, 0.6) is 0 Å². The predicted octanol–water partition coefficient (Wildman–Crippen LogP) is 15.2. The second-order valence-corrected chi connectivity index (χ2v) is 14.5. The van der Waals surface area contributed by atoms with E-state index in [9.17, 15) is 0 Å². The molecule has 3 heteroatoms. The van der Waals surface area contributed by atoms with E-state index in [1.54, 1.807) is 0 Å². The molecule has 9 aromatic carbocycles. The van der Waals surface area contributed by atoms with Crippen LogP contribution in [-0.4, -0.2) is 4.57 Å². The summed E-state index contributed by atoms with van der Waals surface area (Å²) in [5.41, 5.74) is 15.2. The van der Waals surface area contributed by atoms with Crippen LogP contribution in [0, 0.1) is 0 Å². The van der Waals surface area contributed by atoms with Crippen LogP contribution in [0.2, 0.25) is 0 Å². The van der Waals surface area contributed by atoms with E-state index in [4.69, 9.17) is 4.42 Å². The third-order valence-electron chi connectivity index (χ3n) is 11.2. The molecule has 0 aliphatic heterocycles. The number of hydrogen-bond acceptors (Lipinski definition) is 2. The summed E-state index contributed by atoms with van der Waals surface area (Å²) in [6, 6.07) is 78.0. The SMILES string of the molecule is c1ccc(-c2ccc(-c3ccc(N(c4ccccc4-n4c5ccccc5c5ccccc54)c4ccc(-c5ccccc5)c5oc6ccccc6c45)cc3)cc2)cc1. The van der Waals surface area contributed by atoms with Crippen molar-refractivity contribution >= 4 is 60.8 Å². The van der Waals surface area contributed by atoms with E-state index < -0.39 is 0 Å². The molecule has 0 spiro atoms. The topological polar surface area (TPSA) is 21.3 Å². The van der Waals surface area contributed by atoms with Crippen LogP contribution in [0.3, 0.4) is 0 Å². The van der Waals surface area contributed by atoms with E-state index in [1.165, 1.54) is 38.5 Å². The van der Waals surface area contributed by atoms with Gasteiger partial charge in [0.1, 0.15) is 11.2 Å². The lowest BCUT2D eigenvalue weighted by atomic mass is 9.99. The molecule has 57 heavy (non-hydrogen) atoms. The highest BCUT2D eigenvalue weighted by atomic mass is 16.3. The van der Waals surface area contributed by atoms with E-state index in [0.29, 0.717) is 0 Å². The zero-order valence-electron chi connectivity index (χ0n) is 31.1. The Labute approximate surface area is 330 Å². The monoisotopic (exact) mass is 728 g/mol. The highest BCUT2D eigenvalue weighted by molar-refractivity contribution is 6.17. The molecule has 2 aromatic heterocycles. The van der Waals surface area contributed by atoms with Gasteiger partial charge in [-0.1, -0.05) is 164 Å². The first-order valence-electron chi connectivity index (χ1n) is 19.4.